The molecule has 1 fully saturated rings. The van der Waals surface area contributed by atoms with Gasteiger partial charge >= 0.3 is 17.9 Å². The summed E-state index contributed by atoms with van der Waals surface area (Å²) in [6.07, 6.45) is 1.01. The van der Waals surface area contributed by atoms with Crippen molar-refractivity contribution in [1.82, 2.24) is 10.3 Å². The minimum Gasteiger partial charge on any atom is -0.463 e. The molecule has 1 aliphatic heterocycles. The molecule has 12 nitrogen and oxygen atoms in total. The summed E-state index contributed by atoms with van der Waals surface area (Å²) in [5.41, 5.74) is 0.942. The molecule has 1 N–H and O–H groups in total. The second kappa shape index (κ2) is 14.0. The highest BCUT2D eigenvalue weighted by Crippen LogP contribution is 2.30. The van der Waals surface area contributed by atoms with Gasteiger partial charge in [-0.05, 0) is 30.4 Å². The second-order valence-corrected chi connectivity index (χ2v) is 8.81. The summed E-state index contributed by atoms with van der Waals surface area (Å²) < 4.78 is 28.2. The Bertz CT molecular complexity index is 1260. The molecule has 212 valence electrons. The van der Waals surface area contributed by atoms with Gasteiger partial charge in [-0.25, -0.2) is 0 Å². The summed E-state index contributed by atoms with van der Waals surface area (Å²) in [6, 6.07) is 8.76. The van der Waals surface area contributed by atoms with E-state index < -0.39 is 54.5 Å². The smallest absolute Gasteiger partial charge is 0.303 e. The maximum atomic E-state index is 12.6. The number of nitrogens with one attached hydrogen (secondary N) is 1. The van der Waals surface area contributed by atoms with Gasteiger partial charge in [-0.3, -0.25) is 29.0 Å². The Morgan fingerprint density at radius 1 is 0.900 bits per heavy atom. The second-order valence-electron chi connectivity index (χ2n) is 8.81. The van der Waals surface area contributed by atoms with Crippen LogP contribution in [0.1, 0.15) is 43.6 Å². The summed E-state index contributed by atoms with van der Waals surface area (Å²) in [4.78, 5) is 64.1. The molecule has 0 saturated carbocycles. The van der Waals surface area contributed by atoms with E-state index in [9.17, 15) is 24.0 Å². The molecule has 1 aliphatic rings. The van der Waals surface area contributed by atoms with Crippen LogP contribution in [0.5, 0.6) is 5.75 Å². The zero-order valence-electron chi connectivity index (χ0n) is 22.4. The fourth-order valence-electron chi connectivity index (χ4n) is 4.02. The van der Waals surface area contributed by atoms with Gasteiger partial charge in [0.05, 0.1) is 0 Å². The fourth-order valence-corrected chi connectivity index (χ4v) is 4.02. The first-order valence-electron chi connectivity index (χ1n) is 12.3. The van der Waals surface area contributed by atoms with E-state index in [0.29, 0.717) is 11.1 Å². The van der Waals surface area contributed by atoms with Crippen molar-refractivity contribution in [2.24, 2.45) is 0 Å². The number of allylic oxidation sites excluding steroid dienone is 1. The number of ketones is 1. The van der Waals surface area contributed by atoms with Crippen LogP contribution in [0, 0.1) is 0 Å². The van der Waals surface area contributed by atoms with Gasteiger partial charge in [-0.15, -0.1) is 0 Å². The Kier molecular flexibility index (Phi) is 10.5. The van der Waals surface area contributed by atoms with Crippen molar-refractivity contribution in [3.05, 3.63) is 66.0 Å². The lowest BCUT2D eigenvalue weighted by molar-refractivity contribution is -0.257. The molecule has 0 aliphatic carbocycles. The largest absolute Gasteiger partial charge is 0.463 e. The SMILES string of the molecule is CC(=O)N[C@@H]1[C@H](Oc2ccccc2/C=C\C(=O)c2ccncc2)O[C@H](COC(C)=O)[C@H](OC(C)=O)[C@@H]1OC(C)=O. The van der Waals surface area contributed by atoms with E-state index in [4.69, 9.17) is 23.7 Å². The molecule has 40 heavy (non-hydrogen) atoms. The highest BCUT2D eigenvalue weighted by molar-refractivity contribution is 6.06. The van der Waals surface area contributed by atoms with Crippen LogP contribution in [-0.2, 0) is 38.1 Å². The molecule has 0 spiro atoms. The summed E-state index contributed by atoms with van der Waals surface area (Å²) in [6.45, 7) is 4.38. The van der Waals surface area contributed by atoms with Crippen LogP contribution in [0.3, 0.4) is 0 Å². The molecule has 1 aromatic heterocycles. The highest BCUT2D eigenvalue weighted by atomic mass is 16.7. The summed E-state index contributed by atoms with van der Waals surface area (Å²) in [5.74, 6) is -2.56. The number of hydrogen-bond acceptors (Lipinski definition) is 11. The number of carbonyl (C=O) groups excluding carboxylic acids is 5. The molecule has 3 rings (SSSR count). The Morgan fingerprint density at radius 3 is 2.17 bits per heavy atom. The van der Waals surface area contributed by atoms with Crippen molar-refractivity contribution in [2.75, 3.05) is 6.61 Å². The Balaban J connectivity index is 1.97. The number of benzene rings is 1. The Labute approximate surface area is 230 Å². The van der Waals surface area contributed by atoms with Crippen LogP contribution in [0.4, 0.5) is 0 Å². The van der Waals surface area contributed by atoms with E-state index in [2.05, 4.69) is 10.3 Å². The topological polar surface area (TPSA) is 156 Å². The highest BCUT2D eigenvalue weighted by Gasteiger charge is 2.52. The number of para-hydroxylation sites is 1. The number of ether oxygens (including phenoxy) is 5. The number of amides is 1. The van der Waals surface area contributed by atoms with Gasteiger partial charge in [-0.2, -0.15) is 0 Å². The first-order valence-corrected chi connectivity index (χ1v) is 12.3. The van der Waals surface area contributed by atoms with Crippen LogP contribution in [0.25, 0.3) is 6.08 Å². The molecule has 0 radical (unpaired) electrons. The maximum Gasteiger partial charge on any atom is 0.303 e. The number of nitrogens with zero attached hydrogens (tertiary/aromatic N) is 1. The molecule has 0 unspecified atom stereocenters. The van der Waals surface area contributed by atoms with Crippen LogP contribution in [0.2, 0.25) is 0 Å². The molecule has 1 aromatic carbocycles. The molecule has 2 aromatic rings. The molecule has 5 atom stereocenters. The Morgan fingerprint density at radius 2 is 1.55 bits per heavy atom. The van der Waals surface area contributed by atoms with E-state index in [1.54, 1.807) is 42.5 Å². The molecule has 2 heterocycles. The first-order chi connectivity index (χ1) is 19.0. The summed E-state index contributed by atoms with van der Waals surface area (Å²) in [7, 11) is 0. The van der Waals surface area contributed by atoms with Gasteiger partial charge in [0.25, 0.3) is 0 Å². The van der Waals surface area contributed by atoms with Crippen molar-refractivity contribution in [1.29, 1.82) is 0 Å². The lowest BCUT2D eigenvalue weighted by atomic mass is 9.96. The molecular formula is C28H30N2O10. The van der Waals surface area contributed by atoms with Crippen LogP contribution < -0.4 is 10.1 Å². The van der Waals surface area contributed by atoms with Crippen molar-refractivity contribution in [2.45, 2.75) is 58.3 Å². The summed E-state index contributed by atoms with van der Waals surface area (Å²) in [5, 5.41) is 2.64. The minimum absolute atomic E-state index is 0.261. The third-order valence-electron chi connectivity index (χ3n) is 5.61. The predicted octanol–water partition coefficient (Wildman–Crippen LogP) is 2.01. The lowest BCUT2D eigenvalue weighted by Crippen LogP contribution is -2.67. The van der Waals surface area contributed by atoms with Gasteiger partial charge in [0.15, 0.2) is 18.0 Å². The van der Waals surface area contributed by atoms with Crippen molar-refractivity contribution < 1.29 is 47.7 Å². The van der Waals surface area contributed by atoms with Crippen molar-refractivity contribution in [3.63, 3.8) is 0 Å². The standard InChI is InChI=1S/C28H30N2O10/c1-16(31)30-25-27(38-19(4)34)26(37-18(3)33)24(15-36-17(2)32)40-28(25)39-23-8-6-5-7-21(23)9-10-22(35)20-11-13-29-14-12-20/h5-14,24-28H,15H2,1-4H3,(H,30,31)/b10-9-/t24-,25+,26+,27-,28-/m1/s1. The average molecular weight is 555 g/mol. The quantitative estimate of drug-likeness (QED) is 0.198. The van der Waals surface area contributed by atoms with E-state index in [1.807, 2.05) is 0 Å². The number of carbonyl (C=O) groups is 5. The third-order valence-corrected chi connectivity index (χ3v) is 5.61. The maximum absolute atomic E-state index is 12.6. The number of aromatic nitrogens is 1. The van der Waals surface area contributed by atoms with Crippen LogP contribution in [0.15, 0.2) is 54.9 Å². The van der Waals surface area contributed by atoms with Gasteiger partial charge in [-0.1, -0.05) is 18.2 Å². The summed E-state index contributed by atoms with van der Waals surface area (Å²) >= 11 is 0. The number of hydrogen-bond donors (Lipinski definition) is 1. The Hall–Kier alpha value is -4.58. The number of rotatable bonds is 10. The molecule has 0 bridgehead atoms. The zero-order chi connectivity index (χ0) is 29.2. The first kappa shape index (κ1) is 30.0. The van der Waals surface area contributed by atoms with Crippen LogP contribution in [-0.4, -0.2) is 71.8 Å². The molecule has 1 saturated heterocycles. The zero-order valence-corrected chi connectivity index (χ0v) is 22.4. The van der Waals surface area contributed by atoms with Crippen molar-refractivity contribution >= 4 is 35.7 Å². The molecule has 12 heteroatoms. The van der Waals surface area contributed by atoms with Gasteiger partial charge in [0, 0.05) is 51.2 Å². The predicted molar refractivity (Wildman–Crippen MR) is 139 cm³/mol. The van der Waals surface area contributed by atoms with E-state index in [1.165, 1.54) is 32.3 Å². The van der Waals surface area contributed by atoms with Gasteiger partial charge in [0.2, 0.25) is 12.2 Å². The van der Waals surface area contributed by atoms with Crippen LogP contribution >= 0.6 is 0 Å². The fraction of sp³-hybridized carbons (Fsp3) is 0.357. The van der Waals surface area contributed by atoms with E-state index in [-0.39, 0.29) is 18.1 Å². The number of esters is 3. The number of pyridine rings is 1. The molecule has 1 amide bonds. The van der Waals surface area contributed by atoms with Gasteiger partial charge < -0.3 is 29.0 Å². The van der Waals surface area contributed by atoms with E-state index >= 15 is 0 Å². The van der Waals surface area contributed by atoms with E-state index in [0.717, 1.165) is 13.8 Å². The normalized spacial score (nSPS) is 22.1. The monoisotopic (exact) mass is 554 g/mol. The average Bonchev–Trinajstić information content (AvgIpc) is 2.90. The molecular weight excluding hydrogens is 524 g/mol. The van der Waals surface area contributed by atoms with Crippen molar-refractivity contribution in [3.8, 4) is 5.75 Å². The third kappa shape index (κ3) is 8.46. The lowest BCUT2D eigenvalue weighted by Gasteiger charge is -2.44. The minimum atomic E-state index is -1.30. The van der Waals surface area contributed by atoms with Gasteiger partial charge in [0.1, 0.15) is 24.5 Å².